The number of para-hydroxylation sites is 2. The third-order valence-corrected chi connectivity index (χ3v) is 4.99. The molecule has 146 valence electrons. The van der Waals surface area contributed by atoms with Crippen molar-refractivity contribution in [2.45, 2.75) is 5.03 Å². The molecule has 0 aliphatic rings. The van der Waals surface area contributed by atoms with E-state index in [0.717, 1.165) is 0 Å². The van der Waals surface area contributed by atoms with Crippen LogP contribution in [0.15, 0.2) is 65.7 Å². The molecule has 0 aliphatic heterocycles. The van der Waals surface area contributed by atoms with Crippen LogP contribution >= 0.6 is 11.8 Å². The lowest BCUT2D eigenvalue weighted by Gasteiger charge is -2.09. The number of thioether (sulfide) groups is 1. The first-order valence-corrected chi connectivity index (χ1v) is 9.66. The van der Waals surface area contributed by atoms with Gasteiger partial charge in [-0.05, 0) is 48.5 Å². The monoisotopic (exact) mass is 409 g/mol. The van der Waals surface area contributed by atoms with E-state index in [0.29, 0.717) is 33.5 Å². The van der Waals surface area contributed by atoms with Crippen LogP contribution in [0.4, 0.5) is 10.1 Å². The number of hydrogen-bond donors (Lipinski definition) is 1. The van der Waals surface area contributed by atoms with Gasteiger partial charge in [-0.3, -0.25) is 4.79 Å². The predicted molar refractivity (Wildman–Crippen MR) is 109 cm³/mol. The summed E-state index contributed by atoms with van der Waals surface area (Å²) in [6.45, 7) is 0. The van der Waals surface area contributed by atoms with Gasteiger partial charge < -0.3 is 10.1 Å². The first-order chi connectivity index (χ1) is 14.1. The zero-order valence-electron chi connectivity index (χ0n) is 15.4. The number of benzene rings is 2. The summed E-state index contributed by atoms with van der Waals surface area (Å²) in [6.07, 6.45) is 0. The molecule has 0 radical (unpaired) electrons. The fourth-order valence-electron chi connectivity index (χ4n) is 2.70. The van der Waals surface area contributed by atoms with Crippen LogP contribution in [0.1, 0.15) is 0 Å². The molecule has 7 nitrogen and oxygen atoms in total. The maximum absolute atomic E-state index is 13.2. The van der Waals surface area contributed by atoms with Crippen LogP contribution < -0.4 is 10.1 Å². The Labute approximate surface area is 169 Å². The number of fused-ring (bicyclic) bond motifs is 1. The number of hydrogen-bond acceptors (Lipinski definition) is 6. The molecule has 1 N–H and O–H groups in total. The number of amides is 1. The van der Waals surface area contributed by atoms with Gasteiger partial charge in [0.2, 0.25) is 5.91 Å². The maximum atomic E-state index is 13.2. The second kappa shape index (κ2) is 8.27. The zero-order valence-corrected chi connectivity index (χ0v) is 16.2. The summed E-state index contributed by atoms with van der Waals surface area (Å²) >= 11 is 1.29. The maximum Gasteiger partial charge on any atom is 0.234 e. The summed E-state index contributed by atoms with van der Waals surface area (Å²) in [6, 6.07) is 16.7. The molecule has 9 heteroatoms. The molecule has 0 spiro atoms. The Morgan fingerprint density at radius 3 is 2.69 bits per heavy atom. The fraction of sp³-hybridized carbons (Fsp3) is 0.100. The molecule has 0 aliphatic carbocycles. The predicted octanol–water partition coefficient (Wildman–Crippen LogP) is 3.67. The second-order valence-corrected chi connectivity index (χ2v) is 7.00. The topological polar surface area (TPSA) is 81.4 Å². The number of ether oxygens (including phenoxy) is 1. The SMILES string of the molecule is COc1ccccc1NC(=O)CSc1ccc2nnc(-c3ccc(F)cc3)n2n1. The van der Waals surface area contributed by atoms with Gasteiger partial charge in [0.15, 0.2) is 11.5 Å². The lowest BCUT2D eigenvalue weighted by Crippen LogP contribution is -2.14. The molecule has 2 aromatic carbocycles. The summed E-state index contributed by atoms with van der Waals surface area (Å²) < 4.78 is 20.0. The number of carbonyl (C=O) groups excluding carboxylic acids is 1. The van der Waals surface area contributed by atoms with E-state index in [2.05, 4.69) is 20.6 Å². The van der Waals surface area contributed by atoms with E-state index >= 15 is 0 Å². The van der Waals surface area contributed by atoms with Gasteiger partial charge in [0.1, 0.15) is 16.6 Å². The van der Waals surface area contributed by atoms with Crippen LogP contribution in [0.5, 0.6) is 5.75 Å². The average Bonchev–Trinajstić information content (AvgIpc) is 3.16. The highest BCUT2D eigenvalue weighted by Gasteiger charge is 2.12. The average molecular weight is 409 g/mol. The summed E-state index contributed by atoms with van der Waals surface area (Å²) in [5.41, 5.74) is 1.87. The number of halogens is 1. The van der Waals surface area contributed by atoms with Gasteiger partial charge in [0, 0.05) is 5.56 Å². The number of nitrogens with zero attached hydrogens (tertiary/aromatic N) is 4. The number of nitrogens with one attached hydrogen (secondary N) is 1. The first-order valence-electron chi connectivity index (χ1n) is 8.68. The van der Waals surface area contributed by atoms with E-state index in [9.17, 15) is 9.18 Å². The van der Waals surface area contributed by atoms with Crippen molar-refractivity contribution in [3.05, 3.63) is 66.5 Å². The van der Waals surface area contributed by atoms with Crippen molar-refractivity contribution in [2.24, 2.45) is 0 Å². The van der Waals surface area contributed by atoms with Crippen molar-refractivity contribution in [3.8, 4) is 17.1 Å². The lowest BCUT2D eigenvalue weighted by molar-refractivity contribution is -0.113. The summed E-state index contributed by atoms with van der Waals surface area (Å²) in [5.74, 6) is 0.765. The highest BCUT2D eigenvalue weighted by atomic mass is 32.2. The quantitative estimate of drug-likeness (QED) is 0.490. The minimum absolute atomic E-state index is 0.171. The molecule has 0 bridgehead atoms. The van der Waals surface area contributed by atoms with Crippen LogP contribution in [-0.2, 0) is 4.79 Å². The molecule has 0 atom stereocenters. The van der Waals surface area contributed by atoms with Gasteiger partial charge in [-0.2, -0.15) is 9.61 Å². The Morgan fingerprint density at radius 1 is 1.10 bits per heavy atom. The van der Waals surface area contributed by atoms with Crippen molar-refractivity contribution in [1.29, 1.82) is 0 Å². The highest BCUT2D eigenvalue weighted by molar-refractivity contribution is 7.99. The van der Waals surface area contributed by atoms with Crippen LogP contribution in [0, 0.1) is 5.82 Å². The third kappa shape index (κ3) is 4.19. The van der Waals surface area contributed by atoms with Gasteiger partial charge in [-0.15, -0.1) is 10.2 Å². The highest BCUT2D eigenvalue weighted by Crippen LogP contribution is 2.24. The van der Waals surface area contributed by atoms with E-state index in [1.807, 2.05) is 12.1 Å². The minimum Gasteiger partial charge on any atom is -0.495 e. The molecule has 2 aromatic heterocycles. The van der Waals surface area contributed by atoms with Crippen LogP contribution in [0.3, 0.4) is 0 Å². The van der Waals surface area contributed by atoms with E-state index in [1.165, 1.54) is 23.9 Å². The Balaban J connectivity index is 1.49. The molecular formula is C20H16FN5O2S. The number of anilines is 1. The Morgan fingerprint density at radius 2 is 1.90 bits per heavy atom. The number of methoxy groups -OCH3 is 1. The molecular weight excluding hydrogens is 393 g/mol. The van der Waals surface area contributed by atoms with Gasteiger partial charge in [0.05, 0.1) is 18.6 Å². The molecule has 4 rings (SSSR count). The zero-order chi connectivity index (χ0) is 20.2. The Bertz CT molecular complexity index is 1160. The second-order valence-electron chi connectivity index (χ2n) is 6.01. The van der Waals surface area contributed by atoms with Crippen LogP contribution in [0.25, 0.3) is 17.0 Å². The Hall–Kier alpha value is -3.46. The smallest absolute Gasteiger partial charge is 0.234 e. The molecule has 1 amide bonds. The van der Waals surface area contributed by atoms with Crippen LogP contribution in [0.2, 0.25) is 0 Å². The normalized spacial score (nSPS) is 10.8. The lowest BCUT2D eigenvalue weighted by atomic mass is 10.2. The van der Waals surface area contributed by atoms with Crippen LogP contribution in [-0.4, -0.2) is 38.6 Å². The third-order valence-electron chi connectivity index (χ3n) is 4.07. The molecule has 0 fully saturated rings. The largest absolute Gasteiger partial charge is 0.495 e. The van der Waals surface area contributed by atoms with Gasteiger partial charge >= 0.3 is 0 Å². The summed E-state index contributed by atoms with van der Waals surface area (Å²) in [7, 11) is 1.55. The summed E-state index contributed by atoms with van der Waals surface area (Å²) in [5, 5.41) is 16.2. The van der Waals surface area contributed by atoms with Crippen molar-refractivity contribution in [3.63, 3.8) is 0 Å². The Kier molecular flexibility index (Phi) is 5.39. The summed E-state index contributed by atoms with van der Waals surface area (Å²) in [4.78, 5) is 12.3. The number of carbonyl (C=O) groups is 1. The van der Waals surface area contributed by atoms with Crippen molar-refractivity contribution in [2.75, 3.05) is 18.2 Å². The molecule has 0 saturated carbocycles. The number of rotatable bonds is 6. The van der Waals surface area contributed by atoms with Crippen molar-refractivity contribution in [1.82, 2.24) is 19.8 Å². The molecule has 2 heterocycles. The van der Waals surface area contributed by atoms with Crippen molar-refractivity contribution >= 4 is 29.0 Å². The van der Waals surface area contributed by atoms with Gasteiger partial charge in [0.25, 0.3) is 0 Å². The van der Waals surface area contributed by atoms with E-state index in [-0.39, 0.29) is 17.5 Å². The van der Waals surface area contributed by atoms with E-state index in [4.69, 9.17) is 4.74 Å². The first kappa shape index (κ1) is 18.9. The standard InChI is InChI=1S/C20H16FN5O2S/c1-28-16-5-3-2-4-15(16)22-18(27)12-29-19-11-10-17-23-24-20(26(17)25-19)13-6-8-14(21)9-7-13/h2-11H,12H2,1H3,(H,22,27). The van der Waals surface area contributed by atoms with Gasteiger partial charge in [-0.1, -0.05) is 23.9 Å². The molecule has 4 aromatic rings. The van der Waals surface area contributed by atoms with E-state index in [1.54, 1.807) is 48.0 Å². The molecule has 0 unspecified atom stereocenters. The van der Waals surface area contributed by atoms with Gasteiger partial charge in [-0.25, -0.2) is 4.39 Å². The van der Waals surface area contributed by atoms with E-state index < -0.39 is 0 Å². The minimum atomic E-state index is -0.326. The molecule has 0 saturated heterocycles. The number of aromatic nitrogens is 4. The fourth-order valence-corrected chi connectivity index (χ4v) is 3.36. The van der Waals surface area contributed by atoms with Crippen molar-refractivity contribution < 1.29 is 13.9 Å². The molecule has 29 heavy (non-hydrogen) atoms.